The summed E-state index contributed by atoms with van der Waals surface area (Å²) in [7, 11) is 0. The van der Waals surface area contributed by atoms with Crippen LogP contribution in [0.2, 0.25) is 0 Å². The number of anilines is 1. The van der Waals surface area contributed by atoms with Gasteiger partial charge in [0.1, 0.15) is 18.2 Å². The Kier molecular flexibility index (Phi) is 5.79. The van der Waals surface area contributed by atoms with Gasteiger partial charge in [0.2, 0.25) is 0 Å². The summed E-state index contributed by atoms with van der Waals surface area (Å²) in [6.07, 6.45) is 5.32. The third kappa shape index (κ3) is 5.15. The molecule has 0 aliphatic carbocycles. The maximum absolute atomic E-state index is 13.5. The van der Waals surface area contributed by atoms with Crippen molar-refractivity contribution in [2.75, 3.05) is 18.5 Å². The van der Waals surface area contributed by atoms with Crippen LogP contribution in [0.4, 0.5) is 14.9 Å². The first-order valence-corrected chi connectivity index (χ1v) is 8.18. The number of pyridine rings is 1. The first-order valence-electron chi connectivity index (χ1n) is 8.18. The monoisotopic (exact) mass is 345 g/mol. The van der Waals surface area contributed by atoms with Crippen LogP contribution < -0.4 is 15.4 Å². The number of rotatable bonds is 6. The number of hydrogen-bond donors (Lipinski definition) is 2. The van der Waals surface area contributed by atoms with Crippen molar-refractivity contribution in [3.05, 3.63) is 54.1 Å². The summed E-state index contributed by atoms with van der Waals surface area (Å²) in [6.45, 7) is 1.43. The lowest BCUT2D eigenvalue weighted by atomic mass is 10.2. The van der Waals surface area contributed by atoms with Gasteiger partial charge in [-0.1, -0.05) is 6.07 Å². The molecule has 1 aromatic heterocycles. The van der Waals surface area contributed by atoms with E-state index in [4.69, 9.17) is 9.47 Å². The third-order valence-corrected chi connectivity index (χ3v) is 3.81. The molecule has 1 atom stereocenters. The van der Waals surface area contributed by atoms with E-state index in [0.717, 1.165) is 25.0 Å². The summed E-state index contributed by atoms with van der Waals surface area (Å²) in [4.78, 5) is 16.0. The van der Waals surface area contributed by atoms with E-state index in [1.165, 1.54) is 18.2 Å². The van der Waals surface area contributed by atoms with Gasteiger partial charge in [-0.2, -0.15) is 0 Å². The topological polar surface area (TPSA) is 72.5 Å². The number of nitrogens with one attached hydrogen (secondary N) is 2. The van der Waals surface area contributed by atoms with Gasteiger partial charge in [0.25, 0.3) is 0 Å². The molecule has 25 heavy (non-hydrogen) atoms. The number of nitrogens with zero attached hydrogens (tertiary/aromatic N) is 1. The molecule has 2 N–H and O–H groups in total. The lowest BCUT2D eigenvalue weighted by molar-refractivity contribution is 0.0682. The van der Waals surface area contributed by atoms with Crippen molar-refractivity contribution in [3.8, 4) is 5.75 Å². The van der Waals surface area contributed by atoms with Crippen LogP contribution in [0.5, 0.6) is 5.75 Å². The number of halogens is 1. The van der Waals surface area contributed by atoms with Gasteiger partial charge in [-0.15, -0.1) is 0 Å². The van der Waals surface area contributed by atoms with Crippen LogP contribution in [0.15, 0.2) is 42.7 Å². The molecule has 0 spiro atoms. The highest BCUT2D eigenvalue weighted by atomic mass is 19.1. The lowest BCUT2D eigenvalue weighted by Crippen LogP contribution is -2.28. The molecule has 1 fully saturated rings. The second-order valence-corrected chi connectivity index (χ2v) is 5.76. The molecule has 0 saturated carbocycles. The molecule has 0 bridgehead atoms. The van der Waals surface area contributed by atoms with Crippen molar-refractivity contribution in [2.24, 2.45) is 0 Å². The van der Waals surface area contributed by atoms with E-state index >= 15 is 0 Å². The minimum atomic E-state index is -0.452. The van der Waals surface area contributed by atoms with Gasteiger partial charge in [0, 0.05) is 31.6 Å². The largest absolute Gasteiger partial charge is 0.489 e. The van der Waals surface area contributed by atoms with Crippen molar-refractivity contribution >= 4 is 11.7 Å². The van der Waals surface area contributed by atoms with E-state index in [-0.39, 0.29) is 11.8 Å². The molecule has 1 aliphatic rings. The summed E-state index contributed by atoms with van der Waals surface area (Å²) in [6, 6.07) is 7.22. The predicted molar refractivity (Wildman–Crippen MR) is 91.0 cm³/mol. The Morgan fingerprint density at radius 2 is 2.32 bits per heavy atom. The summed E-state index contributed by atoms with van der Waals surface area (Å²) in [5.41, 5.74) is 1.15. The first-order chi connectivity index (χ1) is 12.2. The highest BCUT2D eigenvalue weighted by molar-refractivity contribution is 5.90. The third-order valence-electron chi connectivity index (χ3n) is 3.81. The molecule has 0 radical (unpaired) electrons. The Hall–Kier alpha value is -2.67. The Labute approximate surface area is 145 Å². The maximum atomic E-state index is 13.5. The zero-order chi connectivity index (χ0) is 17.5. The molecule has 1 aliphatic heterocycles. The lowest BCUT2D eigenvalue weighted by Gasteiger charge is -2.15. The van der Waals surface area contributed by atoms with E-state index in [9.17, 15) is 9.18 Å². The van der Waals surface area contributed by atoms with Crippen LogP contribution >= 0.6 is 0 Å². The highest BCUT2D eigenvalue weighted by Gasteiger charge is 2.17. The van der Waals surface area contributed by atoms with Gasteiger partial charge < -0.3 is 20.1 Å². The number of ether oxygens (including phenoxy) is 2. The second-order valence-electron chi connectivity index (χ2n) is 5.76. The Morgan fingerprint density at radius 1 is 1.40 bits per heavy atom. The summed E-state index contributed by atoms with van der Waals surface area (Å²) in [5, 5.41) is 5.32. The molecule has 2 aromatic rings. The zero-order valence-electron chi connectivity index (χ0n) is 13.7. The van der Waals surface area contributed by atoms with Crippen LogP contribution in [-0.2, 0) is 11.3 Å². The smallest absolute Gasteiger partial charge is 0.319 e. The van der Waals surface area contributed by atoms with Gasteiger partial charge in [-0.3, -0.25) is 4.98 Å². The average molecular weight is 345 g/mol. The van der Waals surface area contributed by atoms with Crippen molar-refractivity contribution in [3.63, 3.8) is 0 Å². The predicted octanol–water partition coefficient (Wildman–Crippen LogP) is 3.10. The Bertz CT molecular complexity index is 706. The number of carbonyl (C=O) groups is 1. The second kappa shape index (κ2) is 8.43. The van der Waals surface area contributed by atoms with E-state index in [1.807, 2.05) is 6.07 Å². The van der Waals surface area contributed by atoms with Crippen LogP contribution in [0.3, 0.4) is 0 Å². The molecule has 7 heteroatoms. The van der Waals surface area contributed by atoms with Gasteiger partial charge >= 0.3 is 6.03 Å². The molecule has 1 unspecified atom stereocenters. The van der Waals surface area contributed by atoms with Crippen molar-refractivity contribution in [2.45, 2.75) is 25.5 Å². The fraction of sp³-hybridized carbons (Fsp3) is 0.333. The van der Waals surface area contributed by atoms with Gasteiger partial charge in [-0.05, 0) is 36.6 Å². The molecular formula is C18H20FN3O3. The normalized spacial score (nSPS) is 16.4. The molecule has 132 valence electrons. The summed E-state index contributed by atoms with van der Waals surface area (Å²) >= 11 is 0. The number of amides is 2. The number of carbonyl (C=O) groups excluding carboxylic acids is 1. The summed E-state index contributed by atoms with van der Waals surface area (Å²) in [5.74, 6) is -0.0412. The number of aromatic nitrogens is 1. The molecular weight excluding hydrogens is 325 g/mol. The quantitative estimate of drug-likeness (QED) is 0.844. The minimum Gasteiger partial charge on any atom is -0.489 e. The fourth-order valence-electron chi connectivity index (χ4n) is 2.54. The minimum absolute atomic E-state index is 0.0392. The molecule has 2 heterocycles. The van der Waals surface area contributed by atoms with E-state index in [1.54, 1.807) is 18.5 Å². The van der Waals surface area contributed by atoms with Crippen molar-refractivity contribution in [1.82, 2.24) is 10.3 Å². The number of urea groups is 1. The average Bonchev–Trinajstić information content (AvgIpc) is 3.14. The van der Waals surface area contributed by atoms with Crippen LogP contribution in [-0.4, -0.2) is 30.3 Å². The van der Waals surface area contributed by atoms with Crippen molar-refractivity contribution < 1.29 is 18.7 Å². The molecule has 1 saturated heterocycles. The Morgan fingerprint density at radius 3 is 3.08 bits per heavy atom. The summed E-state index contributed by atoms with van der Waals surface area (Å²) < 4.78 is 24.7. The van der Waals surface area contributed by atoms with E-state index in [0.29, 0.717) is 18.9 Å². The SMILES string of the molecule is O=C(NCc1cccnc1)Nc1cc(F)ccc1OCC1CCCO1. The van der Waals surface area contributed by atoms with Gasteiger partial charge in [-0.25, -0.2) is 9.18 Å². The number of benzene rings is 1. The van der Waals surface area contributed by atoms with Crippen LogP contribution in [0.25, 0.3) is 0 Å². The molecule has 1 aromatic carbocycles. The molecule has 6 nitrogen and oxygen atoms in total. The highest BCUT2D eigenvalue weighted by Crippen LogP contribution is 2.26. The first kappa shape index (κ1) is 17.2. The van der Waals surface area contributed by atoms with Crippen molar-refractivity contribution in [1.29, 1.82) is 0 Å². The molecule has 2 amide bonds. The van der Waals surface area contributed by atoms with Crippen LogP contribution in [0, 0.1) is 5.82 Å². The fourth-order valence-corrected chi connectivity index (χ4v) is 2.54. The number of hydrogen-bond acceptors (Lipinski definition) is 4. The van der Waals surface area contributed by atoms with Gasteiger partial charge in [0.05, 0.1) is 11.8 Å². The van der Waals surface area contributed by atoms with Crippen LogP contribution in [0.1, 0.15) is 18.4 Å². The van der Waals surface area contributed by atoms with Gasteiger partial charge in [0.15, 0.2) is 0 Å². The molecule has 3 rings (SSSR count). The Balaban J connectivity index is 1.57. The standard InChI is InChI=1S/C18H20FN3O3/c19-14-5-6-17(25-12-15-4-2-8-24-15)16(9-14)22-18(23)21-11-13-3-1-7-20-10-13/h1,3,5-7,9-10,15H,2,4,8,11-12H2,(H2,21,22,23). The maximum Gasteiger partial charge on any atom is 0.319 e. The van der Waals surface area contributed by atoms with E-state index in [2.05, 4.69) is 15.6 Å². The van der Waals surface area contributed by atoms with E-state index < -0.39 is 11.8 Å². The zero-order valence-corrected chi connectivity index (χ0v) is 13.7.